The van der Waals surface area contributed by atoms with Crippen molar-refractivity contribution in [3.63, 3.8) is 0 Å². The maximum absolute atomic E-state index is 12.8. The van der Waals surface area contributed by atoms with Crippen LogP contribution < -0.4 is 15.5 Å². The van der Waals surface area contributed by atoms with Crippen LogP contribution in [0.15, 0.2) is 78.3 Å². The summed E-state index contributed by atoms with van der Waals surface area (Å²) in [5, 5.41) is 7.80. The van der Waals surface area contributed by atoms with Gasteiger partial charge in [-0.3, -0.25) is 14.9 Å². The van der Waals surface area contributed by atoms with Gasteiger partial charge in [-0.1, -0.05) is 12.1 Å². The molecule has 1 fully saturated rings. The van der Waals surface area contributed by atoms with Crippen LogP contribution in [0, 0.1) is 0 Å². The molecular formula is C29H26N4O2S2. The molecule has 0 bridgehead atoms. The van der Waals surface area contributed by atoms with Gasteiger partial charge in [0, 0.05) is 69.5 Å². The highest BCUT2D eigenvalue weighted by molar-refractivity contribution is 7.23. The Morgan fingerprint density at radius 2 is 1.62 bits per heavy atom. The molecule has 0 radical (unpaired) electrons. The quantitative estimate of drug-likeness (QED) is 0.261. The number of nitrogens with zero attached hydrogens (tertiary/aromatic N) is 2. The van der Waals surface area contributed by atoms with Gasteiger partial charge in [-0.05, 0) is 72.6 Å². The molecule has 0 atom stereocenters. The first-order valence-corrected chi connectivity index (χ1v) is 13.9. The number of nitrogens with one attached hydrogen (secondary N) is 2. The van der Waals surface area contributed by atoms with Gasteiger partial charge in [0.2, 0.25) is 0 Å². The van der Waals surface area contributed by atoms with Gasteiger partial charge in [-0.25, -0.2) is 0 Å². The van der Waals surface area contributed by atoms with Gasteiger partial charge in [-0.15, -0.1) is 22.7 Å². The normalized spacial score (nSPS) is 17.1. The van der Waals surface area contributed by atoms with Gasteiger partial charge >= 0.3 is 0 Å². The van der Waals surface area contributed by atoms with E-state index < -0.39 is 5.91 Å². The van der Waals surface area contributed by atoms with Crippen LogP contribution in [0.25, 0.3) is 25.8 Å². The minimum Gasteiger partial charge on any atom is -0.369 e. The first kappa shape index (κ1) is 23.7. The fourth-order valence-corrected chi connectivity index (χ4v) is 6.49. The molecule has 0 spiro atoms. The van der Waals surface area contributed by atoms with Gasteiger partial charge in [0.15, 0.2) is 0 Å². The van der Waals surface area contributed by atoms with E-state index in [1.165, 1.54) is 15.4 Å². The van der Waals surface area contributed by atoms with Crippen molar-refractivity contribution in [3.8, 4) is 20.2 Å². The Bertz CT molecular complexity index is 1480. The summed E-state index contributed by atoms with van der Waals surface area (Å²) in [6.45, 7) is 4.14. The lowest BCUT2D eigenvalue weighted by Crippen LogP contribution is -2.44. The first-order valence-electron chi connectivity index (χ1n) is 12.2. The highest BCUT2D eigenvalue weighted by atomic mass is 32.1. The van der Waals surface area contributed by atoms with Gasteiger partial charge in [-0.2, -0.15) is 0 Å². The second-order valence-corrected chi connectivity index (χ2v) is 11.3. The number of fused-ring (bicyclic) bond motifs is 1. The number of thiophene rings is 2. The highest BCUT2D eigenvalue weighted by Gasteiger charge is 2.28. The largest absolute Gasteiger partial charge is 0.369 e. The van der Waals surface area contributed by atoms with E-state index in [4.69, 9.17) is 0 Å². The Morgan fingerprint density at radius 3 is 2.38 bits per heavy atom. The topological polar surface area (TPSA) is 64.7 Å². The summed E-state index contributed by atoms with van der Waals surface area (Å²) in [6.07, 6.45) is 1.70. The maximum atomic E-state index is 12.8. The zero-order valence-corrected chi connectivity index (χ0v) is 22.0. The molecule has 1 saturated heterocycles. The van der Waals surface area contributed by atoms with E-state index in [-0.39, 0.29) is 5.91 Å². The third-order valence-corrected chi connectivity index (χ3v) is 9.00. The van der Waals surface area contributed by atoms with Crippen LogP contribution >= 0.6 is 22.7 Å². The highest BCUT2D eigenvalue weighted by Crippen LogP contribution is 2.38. The number of piperazine rings is 1. The summed E-state index contributed by atoms with van der Waals surface area (Å²) in [7, 11) is 2.15. The average molecular weight is 527 g/mol. The zero-order chi connectivity index (χ0) is 25.4. The zero-order valence-electron chi connectivity index (χ0n) is 20.4. The standard InChI is InChI=1S/C29H26N4O2S2/c1-32-12-14-33(15-13-32)21-7-5-20(6-8-21)30-18-24-23-17-19(4-9-22(23)28(34)31-29(24)35)25-10-11-27(37-25)26-3-2-16-36-26/h2-11,16-18,30H,12-15H2,1H3,(H,31,34,35)/b24-18-. The van der Waals surface area contributed by atoms with Crippen molar-refractivity contribution < 1.29 is 9.59 Å². The molecule has 2 amide bonds. The molecule has 2 N–H and O–H groups in total. The van der Waals surface area contributed by atoms with E-state index in [0.717, 1.165) is 42.3 Å². The molecular weight excluding hydrogens is 500 g/mol. The smallest absolute Gasteiger partial charge is 0.260 e. The van der Waals surface area contributed by atoms with Crippen molar-refractivity contribution in [1.29, 1.82) is 0 Å². The Hall–Kier alpha value is -3.72. The molecule has 2 aromatic heterocycles. The van der Waals surface area contributed by atoms with E-state index in [0.29, 0.717) is 16.7 Å². The van der Waals surface area contributed by atoms with Crippen molar-refractivity contribution in [2.24, 2.45) is 0 Å². The van der Waals surface area contributed by atoms with Crippen LogP contribution in [-0.4, -0.2) is 49.9 Å². The van der Waals surface area contributed by atoms with Crippen LogP contribution in [0.2, 0.25) is 0 Å². The van der Waals surface area contributed by atoms with Gasteiger partial charge in [0.1, 0.15) is 0 Å². The van der Waals surface area contributed by atoms with Crippen LogP contribution in [0.1, 0.15) is 15.9 Å². The number of anilines is 2. The molecule has 0 saturated carbocycles. The van der Waals surface area contributed by atoms with Crippen LogP contribution in [0.4, 0.5) is 11.4 Å². The summed E-state index contributed by atoms with van der Waals surface area (Å²) in [6, 6.07) is 22.3. The van der Waals surface area contributed by atoms with Crippen molar-refractivity contribution >= 4 is 51.4 Å². The van der Waals surface area contributed by atoms with Crippen LogP contribution in [0.3, 0.4) is 0 Å². The number of amides is 2. The lowest BCUT2D eigenvalue weighted by Gasteiger charge is -2.34. The number of hydrogen-bond donors (Lipinski definition) is 2. The van der Waals surface area contributed by atoms with Gasteiger partial charge in [0.05, 0.1) is 5.57 Å². The maximum Gasteiger partial charge on any atom is 0.260 e. The molecule has 2 aliphatic rings. The molecule has 8 heteroatoms. The monoisotopic (exact) mass is 526 g/mol. The van der Waals surface area contributed by atoms with E-state index in [9.17, 15) is 9.59 Å². The number of imide groups is 1. The second kappa shape index (κ2) is 9.97. The Kier molecular flexibility index (Phi) is 6.38. The molecule has 4 heterocycles. The Balaban J connectivity index is 1.26. The number of carbonyl (C=O) groups excluding carboxylic acids is 2. The predicted octanol–water partition coefficient (Wildman–Crippen LogP) is 5.62. The summed E-state index contributed by atoms with van der Waals surface area (Å²) in [5.41, 5.74) is 4.63. The Morgan fingerprint density at radius 1 is 0.838 bits per heavy atom. The summed E-state index contributed by atoms with van der Waals surface area (Å²) in [5.74, 6) is -0.771. The lowest BCUT2D eigenvalue weighted by molar-refractivity contribution is -0.114. The minimum absolute atomic E-state index is 0.370. The molecule has 2 aliphatic heterocycles. The molecule has 186 valence electrons. The van der Waals surface area contributed by atoms with E-state index in [1.54, 1.807) is 34.9 Å². The fourth-order valence-electron chi connectivity index (χ4n) is 4.65. The van der Waals surface area contributed by atoms with E-state index in [1.807, 2.05) is 30.3 Å². The molecule has 6 rings (SSSR count). The molecule has 0 unspecified atom stereocenters. The molecule has 2 aromatic carbocycles. The van der Waals surface area contributed by atoms with Crippen molar-refractivity contribution in [2.45, 2.75) is 0 Å². The number of benzene rings is 2. The molecule has 37 heavy (non-hydrogen) atoms. The predicted molar refractivity (Wildman–Crippen MR) is 153 cm³/mol. The van der Waals surface area contributed by atoms with Crippen molar-refractivity contribution in [2.75, 3.05) is 43.4 Å². The third kappa shape index (κ3) is 4.83. The summed E-state index contributed by atoms with van der Waals surface area (Å²) < 4.78 is 0. The van der Waals surface area contributed by atoms with Gasteiger partial charge < -0.3 is 15.1 Å². The SMILES string of the molecule is CN1CCN(c2ccc(N/C=C3\C(=O)NC(=O)c4ccc(-c5ccc(-c6cccs6)s5)cc43)cc2)CC1. The molecule has 0 aliphatic carbocycles. The molecule has 6 nitrogen and oxygen atoms in total. The van der Waals surface area contributed by atoms with Crippen molar-refractivity contribution in [1.82, 2.24) is 10.2 Å². The second-order valence-electron chi connectivity index (χ2n) is 9.22. The molecule has 4 aromatic rings. The third-order valence-electron chi connectivity index (χ3n) is 6.80. The summed E-state index contributed by atoms with van der Waals surface area (Å²) >= 11 is 3.42. The van der Waals surface area contributed by atoms with E-state index >= 15 is 0 Å². The fraction of sp³-hybridized carbons (Fsp3) is 0.172. The number of likely N-dealkylation sites (N-methyl/N-ethyl adjacent to an activating group) is 1. The summed E-state index contributed by atoms with van der Waals surface area (Å²) in [4.78, 5) is 33.6. The van der Waals surface area contributed by atoms with Crippen LogP contribution in [-0.2, 0) is 4.79 Å². The van der Waals surface area contributed by atoms with E-state index in [2.05, 4.69) is 63.2 Å². The number of hydrogen-bond acceptors (Lipinski definition) is 7. The first-order chi connectivity index (χ1) is 18.0. The van der Waals surface area contributed by atoms with Gasteiger partial charge in [0.25, 0.3) is 11.8 Å². The Labute approximate surface area is 223 Å². The number of carbonyl (C=O) groups is 2. The average Bonchev–Trinajstić information content (AvgIpc) is 3.62. The minimum atomic E-state index is -0.401. The lowest BCUT2D eigenvalue weighted by atomic mass is 9.93. The number of rotatable bonds is 5. The van der Waals surface area contributed by atoms with Crippen LogP contribution in [0.5, 0.6) is 0 Å². The van der Waals surface area contributed by atoms with Crippen molar-refractivity contribution in [3.05, 3.63) is 89.4 Å².